The average molecular weight is 319 g/mol. The molecule has 23 heavy (non-hydrogen) atoms. The largest absolute Gasteiger partial charge is 0.359 e. The van der Waals surface area contributed by atoms with Gasteiger partial charge in [0.15, 0.2) is 0 Å². The minimum Gasteiger partial charge on any atom is -0.359 e. The van der Waals surface area contributed by atoms with Crippen LogP contribution in [0.3, 0.4) is 0 Å². The molecule has 0 aromatic carbocycles. The zero-order valence-electron chi connectivity index (χ0n) is 13.8. The number of carbonyl (C=O) groups is 3. The molecule has 4 aliphatic heterocycles. The van der Waals surface area contributed by atoms with Crippen molar-refractivity contribution in [2.24, 2.45) is 11.8 Å². The van der Waals surface area contributed by atoms with Crippen molar-refractivity contribution in [2.45, 2.75) is 69.6 Å². The molecule has 3 amide bonds. The Bertz CT molecular complexity index is 563. The average Bonchev–Trinajstić information content (AvgIpc) is 3.30. The van der Waals surface area contributed by atoms with E-state index in [9.17, 15) is 14.4 Å². The van der Waals surface area contributed by atoms with Crippen LogP contribution in [0.2, 0.25) is 0 Å². The highest BCUT2D eigenvalue weighted by Gasteiger charge is 2.56. The van der Waals surface area contributed by atoms with Crippen molar-refractivity contribution in [1.29, 1.82) is 0 Å². The minimum atomic E-state index is -0.0517. The normalized spacial score (nSPS) is 40.8. The molecule has 0 spiro atoms. The van der Waals surface area contributed by atoms with Gasteiger partial charge < -0.3 is 15.1 Å². The Morgan fingerprint density at radius 1 is 0.870 bits per heavy atom. The third-order valence-electron chi connectivity index (χ3n) is 6.59. The van der Waals surface area contributed by atoms with Crippen LogP contribution in [0.25, 0.3) is 0 Å². The van der Waals surface area contributed by atoms with Crippen LogP contribution in [0.4, 0.5) is 0 Å². The first-order chi connectivity index (χ1) is 11.0. The van der Waals surface area contributed by atoms with Gasteiger partial charge in [-0.15, -0.1) is 0 Å². The van der Waals surface area contributed by atoms with Gasteiger partial charge >= 0.3 is 0 Å². The van der Waals surface area contributed by atoms with Gasteiger partial charge in [-0.1, -0.05) is 0 Å². The highest BCUT2D eigenvalue weighted by molar-refractivity contribution is 5.86. The van der Waals surface area contributed by atoms with Crippen molar-refractivity contribution in [3.8, 4) is 0 Å². The number of rotatable bonds is 2. The molecule has 4 bridgehead atoms. The van der Waals surface area contributed by atoms with Crippen molar-refractivity contribution in [3.05, 3.63) is 0 Å². The summed E-state index contributed by atoms with van der Waals surface area (Å²) in [6.07, 6.45) is 5.54. The van der Waals surface area contributed by atoms with E-state index in [2.05, 4.69) is 5.32 Å². The van der Waals surface area contributed by atoms with E-state index >= 15 is 0 Å². The molecule has 4 fully saturated rings. The van der Waals surface area contributed by atoms with E-state index in [1.165, 1.54) is 0 Å². The van der Waals surface area contributed by atoms with E-state index in [4.69, 9.17) is 0 Å². The number of nitrogens with one attached hydrogen (secondary N) is 1. The van der Waals surface area contributed by atoms with E-state index in [1.54, 1.807) is 14.0 Å². The van der Waals surface area contributed by atoms with Crippen molar-refractivity contribution in [3.63, 3.8) is 0 Å². The summed E-state index contributed by atoms with van der Waals surface area (Å²) in [7, 11) is 1.67. The van der Waals surface area contributed by atoms with Gasteiger partial charge in [0.25, 0.3) is 0 Å². The summed E-state index contributed by atoms with van der Waals surface area (Å²) >= 11 is 0. The first kappa shape index (κ1) is 15.0. The van der Waals surface area contributed by atoms with Crippen LogP contribution in [0.15, 0.2) is 0 Å². The Morgan fingerprint density at radius 2 is 1.43 bits per heavy atom. The van der Waals surface area contributed by atoms with E-state index in [0.717, 1.165) is 38.5 Å². The maximum absolute atomic E-state index is 13.2. The van der Waals surface area contributed by atoms with Gasteiger partial charge in [0.1, 0.15) is 0 Å². The van der Waals surface area contributed by atoms with Crippen LogP contribution >= 0.6 is 0 Å². The first-order valence-corrected chi connectivity index (χ1v) is 8.85. The molecule has 0 radical (unpaired) electrons. The van der Waals surface area contributed by atoms with Crippen LogP contribution < -0.4 is 5.32 Å². The molecule has 6 nitrogen and oxygen atoms in total. The second kappa shape index (κ2) is 5.21. The number of carbonyl (C=O) groups excluding carboxylic acids is 3. The Labute approximate surface area is 136 Å². The van der Waals surface area contributed by atoms with Crippen LogP contribution in [-0.4, -0.2) is 58.7 Å². The fraction of sp³-hybridized carbons (Fsp3) is 0.824. The number of fused-ring (bicyclic) bond motifs is 4. The monoisotopic (exact) mass is 319 g/mol. The molecule has 1 N–H and O–H groups in total. The van der Waals surface area contributed by atoms with Crippen molar-refractivity contribution in [1.82, 2.24) is 15.1 Å². The second-order valence-electron chi connectivity index (χ2n) is 7.57. The smallest absolute Gasteiger partial charge is 0.228 e. The van der Waals surface area contributed by atoms with Gasteiger partial charge in [-0.25, -0.2) is 0 Å². The van der Waals surface area contributed by atoms with Gasteiger partial charge in [0.05, 0.1) is 11.8 Å². The highest BCUT2D eigenvalue weighted by Crippen LogP contribution is 2.47. The maximum Gasteiger partial charge on any atom is 0.228 e. The molecule has 0 saturated carbocycles. The maximum atomic E-state index is 13.2. The molecule has 4 aliphatic rings. The summed E-state index contributed by atoms with van der Waals surface area (Å²) in [6.45, 7) is 1.61. The van der Waals surface area contributed by atoms with E-state index in [-0.39, 0.29) is 53.7 Å². The third kappa shape index (κ3) is 2.03. The lowest BCUT2D eigenvalue weighted by atomic mass is 9.87. The number of hydrogen-bond acceptors (Lipinski definition) is 3. The topological polar surface area (TPSA) is 69.7 Å². The lowest BCUT2D eigenvalue weighted by molar-refractivity contribution is -0.139. The second-order valence-corrected chi connectivity index (χ2v) is 7.57. The molecule has 6 heteroatoms. The Balaban J connectivity index is 1.53. The van der Waals surface area contributed by atoms with Crippen molar-refractivity contribution < 1.29 is 14.4 Å². The van der Waals surface area contributed by atoms with Crippen LogP contribution in [0, 0.1) is 11.8 Å². The summed E-state index contributed by atoms with van der Waals surface area (Å²) < 4.78 is 0. The van der Waals surface area contributed by atoms with Gasteiger partial charge in [-0.3, -0.25) is 14.4 Å². The van der Waals surface area contributed by atoms with Crippen molar-refractivity contribution >= 4 is 17.7 Å². The predicted molar refractivity (Wildman–Crippen MR) is 83.3 cm³/mol. The summed E-state index contributed by atoms with van der Waals surface area (Å²) in [5.41, 5.74) is 0. The molecule has 0 unspecified atom stereocenters. The zero-order chi connectivity index (χ0) is 16.3. The van der Waals surface area contributed by atoms with E-state index in [1.807, 2.05) is 9.80 Å². The lowest BCUT2D eigenvalue weighted by Gasteiger charge is -2.30. The Kier molecular flexibility index (Phi) is 3.39. The number of amides is 3. The molecule has 4 heterocycles. The molecular weight excluding hydrogens is 294 g/mol. The van der Waals surface area contributed by atoms with E-state index < -0.39 is 0 Å². The van der Waals surface area contributed by atoms with Gasteiger partial charge in [0, 0.05) is 38.1 Å². The van der Waals surface area contributed by atoms with E-state index in [0.29, 0.717) is 0 Å². The number of nitrogens with zero attached hydrogens (tertiary/aromatic N) is 2. The van der Waals surface area contributed by atoms with Crippen LogP contribution in [0.1, 0.15) is 45.4 Å². The Hall–Kier alpha value is -1.59. The number of hydrogen-bond donors (Lipinski definition) is 1. The summed E-state index contributed by atoms with van der Waals surface area (Å²) in [5.74, 6) is 0.255. The van der Waals surface area contributed by atoms with Crippen molar-refractivity contribution in [2.75, 3.05) is 7.05 Å². The molecule has 0 aromatic rings. The Morgan fingerprint density at radius 3 is 2.00 bits per heavy atom. The lowest BCUT2D eigenvalue weighted by Crippen LogP contribution is -2.46. The highest BCUT2D eigenvalue weighted by atomic mass is 16.2. The first-order valence-electron chi connectivity index (χ1n) is 8.85. The fourth-order valence-electron chi connectivity index (χ4n) is 5.74. The molecule has 4 rings (SSSR count). The molecular formula is C17H25N3O3. The minimum absolute atomic E-state index is 0.0507. The zero-order valence-corrected chi connectivity index (χ0v) is 13.8. The summed E-state index contributed by atoms with van der Waals surface area (Å²) in [5, 5.41) is 2.74. The van der Waals surface area contributed by atoms with Gasteiger partial charge in [-0.05, 0) is 38.5 Å². The standard InChI is InChI=1S/C17H25N3O3/c1-9(21)19-10-3-6-15(19)13(8-10)17(23)20-11-4-5-14(20)12(7-11)16(22)18-2/h10-15H,3-8H2,1-2H3,(H,18,22)/t10-,11-,12+,13+,14+,15+/m1/s1. The molecule has 126 valence electrons. The van der Waals surface area contributed by atoms with Gasteiger partial charge in [-0.2, -0.15) is 0 Å². The molecule has 4 saturated heterocycles. The third-order valence-corrected chi connectivity index (χ3v) is 6.59. The fourth-order valence-corrected chi connectivity index (χ4v) is 5.74. The molecule has 6 atom stereocenters. The molecule has 0 aliphatic carbocycles. The summed E-state index contributed by atoms with van der Waals surface area (Å²) in [4.78, 5) is 41.1. The molecule has 0 aromatic heterocycles. The predicted octanol–water partition coefficient (Wildman–Crippen LogP) is 0.511. The van der Waals surface area contributed by atoms with Crippen LogP contribution in [-0.2, 0) is 14.4 Å². The quantitative estimate of drug-likeness (QED) is 0.806. The summed E-state index contributed by atoms with van der Waals surface area (Å²) in [6, 6.07) is 0.627. The SMILES string of the molecule is CNC(=O)[C@H]1C[C@H]2CC[C@@H]1N2C(=O)[C@H]1C[C@H]2CC[C@@H]1N2C(C)=O. The van der Waals surface area contributed by atoms with Crippen LogP contribution in [0.5, 0.6) is 0 Å². The van der Waals surface area contributed by atoms with Gasteiger partial charge in [0.2, 0.25) is 17.7 Å².